The average Bonchev–Trinajstić information content (AvgIpc) is 2.29. The van der Waals surface area contributed by atoms with Crippen LogP contribution in [0.15, 0.2) is 6.07 Å². The Morgan fingerprint density at radius 1 is 1.50 bits per heavy atom. The summed E-state index contributed by atoms with van der Waals surface area (Å²) in [6.07, 6.45) is 0. The van der Waals surface area contributed by atoms with E-state index >= 15 is 0 Å². The van der Waals surface area contributed by atoms with Gasteiger partial charge in [0.05, 0.1) is 6.61 Å². The van der Waals surface area contributed by atoms with Crippen molar-refractivity contribution in [3.8, 4) is 0 Å². The number of nitrogens with zero attached hydrogens (tertiary/aromatic N) is 3. The third kappa shape index (κ3) is 3.32. The number of ether oxygens (including phenoxy) is 1. The third-order valence-corrected chi connectivity index (χ3v) is 2.12. The minimum absolute atomic E-state index is 0.0923. The van der Waals surface area contributed by atoms with Gasteiger partial charge in [0.1, 0.15) is 18.2 Å². The first-order chi connectivity index (χ1) is 7.71. The van der Waals surface area contributed by atoms with Gasteiger partial charge in [-0.3, -0.25) is 0 Å². The maximum Gasteiger partial charge on any atom is 0.158 e. The highest BCUT2D eigenvalue weighted by molar-refractivity contribution is 5.48. The zero-order valence-corrected chi connectivity index (χ0v) is 9.90. The molecular formula is C10H18N4O2. The number of aliphatic hydroxyl groups is 1. The first-order valence-corrected chi connectivity index (χ1v) is 5.08. The van der Waals surface area contributed by atoms with Crippen LogP contribution in [0.3, 0.4) is 0 Å². The minimum atomic E-state index is 0.0923. The van der Waals surface area contributed by atoms with E-state index < -0.39 is 0 Å². The highest BCUT2D eigenvalue weighted by Gasteiger charge is 2.07. The number of likely N-dealkylation sites (N-methyl/N-ethyl adjacent to an activating group) is 1. The molecule has 0 spiro atoms. The molecule has 6 heteroatoms. The van der Waals surface area contributed by atoms with Crippen LogP contribution in [-0.2, 0) is 11.3 Å². The van der Waals surface area contributed by atoms with Gasteiger partial charge in [0.15, 0.2) is 5.82 Å². The fourth-order valence-corrected chi connectivity index (χ4v) is 1.26. The summed E-state index contributed by atoms with van der Waals surface area (Å²) in [5, 5.41) is 11.8. The fraction of sp³-hybridized carbons (Fsp3) is 0.600. The quantitative estimate of drug-likeness (QED) is 0.716. The summed E-state index contributed by atoms with van der Waals surface area (Å²) in [5.41, 5.74) is 0. The maximum atomic E-state index is 8.87. The van der Waals surface area contributed by atoms with Gasteiger partial charge < -0.3 is 20.1 Å². The number of aliphatic hydroxyl groups excluding tert-OH is 1. The molecule has 0 radical (unpaired) electrons. The summed E-state index contributed by atoms with van der Waals surface area (Å²) in [6.45, 7) is 0.997. The van der Waals surface area contributed by atoms with Crippen LogP contribution in [0.2, 0.25) is 0 Å². The van der Waals surface area contributed by atoms with Crippen LogP contribution in [-0.4, -0.2) is 49.4 Å². The molecule has 1 rings (SSSR count). The fourth-order valence-electron chi connectivity index (χ4n) is 1.26. The summed E-state index contributed by atoms with van der Waals surface area (Å²) < 4.78 is 5.00. The average molecular weight is 226 g/mol. The SMILES string of the molecule is CNc1cc(N(C)CCO)nc(COC)n1. The monoisotopic (exact) mass is 226 g/mol. The molecule has 90 valence electrons. The van der Waals surface area contributed by atoms with Crippen molar-refractivity contribution in [3.63, 3.8) is 0 Å². The van der Waals surface area contributed by atoms with Crippen molar-refractivity contribution in [2.45, 2.75) is 6.61 Å². The lowest BCUT2D eigenvalue weighted by Crippen LogP contribution is -2.23. The first kappa shape index (κ1) is 12.7. The highest BCUT2D eigenvalue weighted by Crippen LogP contribution is 2.14. The van der Waals surface area contributed by atoms with Crippen molar-refractivity contribution >= 4 is 11.6 Å². The van der Waals surface area contributed by atoms with E-state index in [4.69, 9.17) is 9.84 Å². The molecule has 0 unspecified atom stereocenters. The molecule has 1 aromatic heterocycles. The smallest absolute Gasteiger partial charge is 0.158 e. The predicted molar refractivity (Wildman–Crippen MR) is 62.6 cm³/mol. The van der Waals surface area contributed by atoms with E-state index in [2.05, 4.69) is 15.3 Å². The van der Waals surface area contributed by atoms with Gasteiger partial charge in [-0.05, 0) is 0 Å². The topological polar surface area (TPSA) is 70.5 Å². The molecule has 0 aliphatic carbocycles. The lowest BCUT2D eigenvalue weighted by molar-refractivity contribution is 0.178. The van der Waals surface area contributed by atoms with Crippen molar-refractivity contribution in [1.82, 2.24) is 9.97 Å². The van der Waals surface area contributed by atoms with Crippen LogP contribution in [0.25, 0.3) is 0 Å². The molecule has 0 fully saturated rings. The number of hydrogen-bond acceptors (Lipinski definition) is 6. The Morgan fingerprint density at radius 2 is 2.25 bits per heavy atom. The highest BCUT2D eigenvalue weighted by atomic mass is 16.5. The molecule has 1 heterocycles. The Morgan fingerprint density at radius 3 is 2.81 bits per heavy atom. The second kappa shape index (κ2) is 6.24. The molecule has 0 aliphatic heterocycles. The summed E-state index contributed by atoms with van der Waals surface area (Å²) >= 11 is 0. The molecule has 0 amide bonds. The zero-order chi connectivity index (χ0) is 12.0. The Bertz CT molecular complexity index is 333. The number of aromatic nitrogens is 2. The van der Waals surface area contributed by atoms with Gasteiger partial charge in [0, 0.05) is 33.8 Å². The molecule has 6 nitrogen and oxygen atoms in total. The van der Waals surface area contributed by atoms with Gasteiger partial charge in [0.25, 0.3) is 0 Å². The number of rotatable bonds is 6. The summed E-state index contributed by atoms with van der Waals surface area (Å²) in [7, 11) is 5.27. The van der Waals surface area contributed by atoms with E-state index in [9.17, 15) is 0 Å². The zero-order valence-electron chi connectivity index (χ0n) is 9.90. The van der Waals surface area contributed by atoms with E-state index in [0.29, 0.717) is 19.0 Å². The van der Waals surface area contributed by atoms with Crippen LogP contribution in [0.4, 0.5) is 11.6 Å². The van der Waals surface area contributed by atoms with Gasteiger partial charge in [-0.1, -0.05) is 0 Å². The second-order valence-corrected chi connectivity index (χ2v) is 3.36. The molecule has 0 atom stereocenters. The van der Waals surface area contributed by atoms with Gasteiger partial charge in [-0.2, -0.15) is 0 Å². The molecule has 2 N–H and O–H groups in total. The van der Waals surface area contributed by atoms with Gasteiger partial charge in [-0.25, -0.2) is 9.97 Å². The van der Waals surface area contributed by atoms with Gasteiger partial charge >= 0.3 is 0 Å². The number of anilines is 2. The molecular weight excluding hydrogens is 208 g/mol. The molecule has 0 aromatic carbocycles. The Balaban J connectivity index is 2.93. The molecule has 0 bridgehead atoms. The van der Waals surface area contributed by atoms with E-state index in [-0.39, 0.29) is 6.61 Å². The number of methoxy groups -OCH3 is 1. The summed E-state index contributed by atoms with van der Waals surface area (Å²) in [4.78, 5) is 10.4. The summed E-state index contributed by atoms with van der Waals surface area (Å²) in [5.74, 6) is 2.12. The second-order valence-electron chi connectivity index (χ2n) is 3.36. The van der Waals surface area contributed by atoms with Crippen molar-refractivity contribution in [2.24, 2.45) is 0 Å². The van der Waals surface area contributed by atoms with Crippen molar-refractivity contribution < 1.29 is 9.84 Å². The van der Waals surface area contributed by atoms with Crippen LogP contribution < -0.4 is 10.2 Å². The maximum absolute atomic E-state index is 8.87. The Kier molecular flexibility index (Phi) is 4.94. The van der Waals surface area contributed by atoms with Crippen LogP contribution in [0, 0.1) is 0 Å². The third-order valence-electron chi connectivity index (χ3n) is 2.12. The lowest BCUT2D eigenvalue weighted by Gasteiger charge is -2.18. The lowest BCUT2D eigenvalue weighted by atomic mass is 10.4. The van der Waals surface area contributed by atoms with E-state index in [0.717, 1.165) is 11.6 Å². The van der Waals surface area contributed by atoms with Crippen molar-refractivity contribution in [2.75, 3.05) is 44.6 Å². The van der Waals surface area contributed by atoms with Crippen LogP contribution in [0.1, 0.15) is 5.82 Å². The Labute approximate surface area is 95.3 Å². The number of nitrogens with one attached hydrogen (secondary N) is 1. The van der Waals surface area contributed by atoms with Crippen LogP contribution in [0.5, 0.6) is 0 Å². The van der Waals surface area contributed by atoms with E-state index in [1.807, 2.05) is 18.0 Å². The largest absolute Gasteiger partial charge is 0.395 e. The standard InChI is InChI=1S/C10H18N4O2/c1-11-8-6-10(14(2)4-5-15)13-9(12-8)7-16-3/h6,15H,4-5,7H2,1-3H3,(H,11,12,13). The van der Waals surface area contributed by atoms with E-state index in [1.165, 1.54) is 0 Å². The normalized spacial score (nSPS) is 10.2. The molecule has 1 aromatic rings. The Hall–Kier alpha value is -1.40. The van der Waals surface area contributed by atoms with Gasteiger partial charge in [-0.15, -0.1) is 0 Å². The molecule has 16 heavy (non-hydrogen) atoms. The van der Waals surface area contributed by atoms with Crippen molar-refractivity contribution in [3.05, 3.63) is 11.9 Å². The molecule has 0 saturated carbocycles. The molecule has 0 saturated heterocycles. The molecule has 0 aliphatic rings. The predicted octanol–water partition coefficient (Wildman–Crippen LogP) is 0.0932. The van der Waals surface area contributed by atoms with E-state index in [1.54, 1.807) is 14.2 Å². The number of hydrogen-bond donors (Lipinski definition) is 2. The van der Waals surface area contributed by atoms with Gasteiger partial charge in [0.2, 0.25) is 0 Å². The first-order valence-electron chi connectivity index (χ1n) is 5.08. The minimum Gasteiger partial charge on any atom is -0.395 e. The van der Waals surface area contributed by atoms with Crippen molar-refractivity contribution in [1.29, 1.82) is 0 Å². The van der Waals surface area contributed by atoms with Crippen LogP contribution >= 0.6 is 0 Å². The summed E-state index contributed by atoms with van der Waals surface area (Å²) in [6, 6.07) is 1.83.